The third-order valence-corrected chi connectivity index (χ3v) is 4.03. The van der Waals surface area contributed by atoms with Gasteiger partial charge in [-0.15, -0.1) is 0 Å². The van der Waals surface area contributed by atoms with Crippen molar-refractivity contribution in [2.75, 3.05) is 31.5 Å². The van der Waals surface area contributed by atoms with Gasteiger partial charge in [0.05, 0.1) is 17.5 Å². The Morgan fingerprint density at radius 2 is 2.00 bits per heavy atom. The monoisotopic (exact) mass is 344 g/mol. The van der Waals surface area contributed by atoms with Gasteiger partial charge in [0.25, 0.3) is 0 Å². The molecule has 3 rings (SSSR count). The number of hydrogen-bond donors (Lipinski definition) is 1. The van der Waals surface area contributed by atoms with Gasteiger partial charge in [0.2, 0.25) is 0 Å². The third kappa shape index (κ3) is 4.73. The first-order chi connectivity index (χ1) is 12.1. The van der Waals surface area contributed by atoms with Crippen LogP contribution >= 0.6 is 0 Å². The molecule has 2 heterocycles. The Balaban J connectivity index is 1.53. The molecule has 1 N–H and O–H groups in total. The minimum Gasteiger partial charge on any atom is -0.489 e. The van der Waals surface area contributed by atoms with E-state index in [0.29, 0.717) is 24.5 Å². The Hall–Kier alpha value is -2.54. The van der Waals surface area contributed by atoms with Gasteiger partial charge in [-0.05, 0) is 26.0 Å². The summed E-state index contributed by atoms with van der Waals surface area (Å²) in [7, 11) is 0. The highest BCUT2D eigenvalue weighted by Gasteiger charge is 2.22. The van der Waals surface area contributed by atoms with Crippen LogP contribution in [0.25, 0.3) is 0 Å². The fraction of sp³-hybridized carbons (Fsp3) is 0.444. The average molecular weight is 344 g/mol. The number of ether oxygens (including phenoxy) is 1. The fourth-order valence-corrected chi connectivity index (χ4v) is 2.78. The fourth-order valence-electron chi connectivity index (χ4n) is 2.78. The van der Waals surface area contributed by atoms with Gasteiger partial charge in [0, 0.05) is 38.8 Å². The lowest BCUT2D eigenvalue weighted by Gasteiger charge is -2.34. The van der Waals surface area contributed by atoms with Gasteiger partial charge in [-0.1, -0.05) is 17.3 Å². The van der Waals surface area contributed by atoms with Crippen molar-refractivity contribution in [2.45, 2.75) is 26.5 Å². The van der Waals surface area contributed by atoms with Crippen molar-refractivity contribution in [1.29, 1.82) is 0 Å². The summed E-state index contributed by atoms with van der Waals surface area (Å²) in [6, 6.07) is 9.28. The normalized spacial score (nSPS) is 15.4. The molecule has 7 nitrogen and oxygen atoms in total. The lowest BCUT2D eigenvalue weighted by Crippen LogP contribution is -2.49. The van der Waals surface area contributed by atoms with Gasteiger partial charge < -0.3 is 19.5 Å². The second-order valence-electron chi connectivity index (χ2n) is 6.35. The molecule has 7 heteroatoms. The number of aromatic nitrogens is 1. The predicted octanol–water partition coefficient (Wildman–Crippen LogP) is 2.81. The molecule has 1 aromatic heterocycles. The van der Waals surface area contributed by atoms with Crippen LogP contribution in [-0.4, -0.2) is 53.3 Å². The first-order valence-electron chi connectivity index (χ1n) is 8.55. The van der Waals surface area contributed by atoms with Crippen molar-refractivity contribution < 1.29 is 14.1 Å². The van der Waals surface area contributed by atoms with Crippen molar-refractivity contribution in [2.24, 2.45) is 0 Å². The molecule has 0 radical (unpaired) electrons. The summed E-state index contributed by atoms with van der Waals surface area (Å²) in [6.07, 6.45) is 1.63. The maximum Gasteiger partial charge on any atom is 0.322 e. The largest absolute Gasteiger partial charge is 0.489 e. The number of hydrogen-bond acceptors (Lipinski definition) is 5. The van der Waals surface area contributed by atoms with Crippen molar-refractivity contribution in [3.63, 3.8) is 0 Å². The maximum atomic E-state index is 12.5. The Labute approximate surface area is 147 Å². The van der Waals surface area contributed by atoms with E-state index in [9.17, 15) is 4.79 Å². The molecular weight excluding hydrogens is 320 g/mol. The molecule has 1 fully saturated rings. The SMILES string of the molecule is CC(C)Oc1ccccc1NC(=O)N1CCN(Cc2ccon2)CC1. The molecule has 2 aromatic rings. The van der Waals surface area contributed by atoms with Gasteiger partial charge in [-0.25, -0.2) is 4.79 Å². The number of piperazine rings is 1. The van der Waals surface area contributed by atoms with Crippen molar-refractivity contribution in [1.82, 2.24) is 15.0 Å². The van der Waals surface area contributed by atoms with Gasteiger partial charge in [0.1, 0.15) is 12.0 Å². The third-order valence-electron chi connectivity index (χ3n) is 4.03. The van der Waals surface area contributed by atoms with Crippen LogP contribution in [0.5, 0.6) is 5.75 Å². The minimum absolute atomic E-state index is 0.0538. The number of carbonyl (C=O) groups excluding carboxylic acids is 1. The highest BCUT2D eigenvalue weighted by atomic mass is 16.5. The van der Waals surface area contributed by atoms with E-state index in [-0.39, 0.29) is 12.1 Å². The van der Waals surface area contributed by atoms with E-state index in [1.54, 1.807) is 6.26 Å². The lowest BCUT2D eigenvalue weighted by molar-refractivity contribution is 0.141. The van der Waals surface area contributed by atoms with E-state index in [1.807, 2.05) is 49.1 Å². The van der Waals surface area contributed by atoms with E-state index in [1.165, 1.54) is 0 Å². The second kappa shape index (κ2) is 8.02. The van der Waals surface area contributed by atoms with Crippen LogP contribution < -0.4 is 10.1 Å². The second-order valence-corrected chi connectivity index (χ2v) is 6.35. The Kier molecular flexibility index (Phi) is 5.55. The molecule has 1 saturated heterocycles. The summed E-state index contributed by atoms with van der Waals surface area (Å²) in [5, 5.41) is 6.89. The topological polar surface area (TPSA) is 70.8 Å². The van der Waals surface area contributed by atoms with Crippen molar-refractivity contribution >= 4 is 11.7 Å². The lowest BCUT2D eigenvalue weighted by atomic mass is 10.2. The van der Waals surface area contributed by atoms with Gasteiger partial charge in [0.15, 0.2) is 0 Å². The van der Waals surface area contributed by atoms with Crippen LogP contribution in [0, 0.1) is 0 Å². The molecule has 2 amide bonds. The first-order valence-corrected chi connectivity index (χ1v) is 8.55. The molecule has 0 saturated carbocycles. The van der Waals surface area contributed by atoms with Gasteiger partial charge in [-0.3, -0.25) is 4.90 Å². The van der Waals surface area contributed by atoms with Crippen LogP contribution in [0.1, 0.15) is 19.5 Å². The molecule has 0 spiro atoms. The van der Waals surface area contributed by atoms with E-state index < -0.39 is 0 Å². The Morgan fingerprint density at radius 1 is 1.24 bits per heavy atom. The maximum absolute atomic E-state index is 12.5. The van der Waals surface area contributed by atoms with Crippen molar-refractivity contribution in [3.05, 3.63) is 42.3 Å². The molecule has 0 atom stereocenters. The highest BCUT2D eigenvalue weighted by Crippen LogP contribution is 2.25. The van der Waals surface area contributed by atoms with E-state index >= 15 is 0 Å². The number of benzene rings is 1. The molecule has 1 aromatic carbocycles. The highest BCUT2D eigenvalue weighted by molar-refractivity contribution is 5.91. The van der Waals surface area contributed by atoms with E-state index in [0.717, 1.165) is 25.3 Å². The summed E-state index contributed by atoms with van der Waals surface area (Å²) >= 11 is 0. The Bertz CT molecular complexity index is 679. The number of rotatable bonds is 5. The summed E-state index contributed by atoms with van der Waals surface area (Å²) in [4.78, 5) is 16.6. The quantitative estimate of drug-likeness (QED) is 0.903. The standard InChI is InChI=1S/C18H24N4O3/c1-14(2)25-17-6-4-3-5-16(17)19-18(23)22-10-8-21(9-11-22)13-15-7-12-24-20-15/h3-7,12,14H,8-11,13H2,1-2H3,(H,19,23). The Morgan fingerprint density at radius 3 is 2.68 bits per heavy atom. The van der Waals surface area contributed by atoms with Crippen LogP contribution in [0.3, 0.4) is 0 Å². The molecule has 0 aliphatic carbocycles. The van der Waals surface area contributed by atoms with Gasteiger partial charge in [-0.2, -0.15) is 0 Å². The molecule has 0 bridgehead atoms. The number of amides is 2. The average Bonchev–Trinajstić information content (AvgIpc) is 3.10. The van der Waals surface area contributed by atoms with E-state index in [4.69, 9.17) is 9.26 Å². The van der Waals surface area contributed by atoms with E-state index in [2.05, 4.69) is 15.4 Å². The van der Waals surface area contributed by atoms with Crippen LogP contribution in [0.15, 0.2) is 41.1 Å². The summed E-state index contributed by atoms with van der Waals surface area (Å²) in [5.74, 6) is 0.690. The number of nitrogens with zero attached hydrogens (tertiary/aromatic N) is 3. The number of para-hydroxylation sites is 2. The zero-order chi connectivity index (χ0) is 17.6. The van der Waals surface area contributed by atoms with Crippen LogP contribution in [0.4, 0.5) is 10.5 Å². The molecule has 1 aliphatic rings. The zero-order valence-electron chi connectivity index (χ0n) is 14.6. The molecule has 1 aliphatic heterocycles. The number of urea groups is 1. The molecular formula is C18H24N4O3. The van der Waals surface area contributed by atoms with Crippen LogP contribution in [0.2, 0.25) is 0 Å². The zero-order valence-corrected chi connectivity index (χ0v) is 14.6. The predicted molar refractivity (Wildman–Crippen MR) is 94.6 cm³/mol. The molecule has 0 unspecified atom stereocenters. The summed E-state index contributed by atoms with van der Waals surface area (Å²) in [6.45, 7) is 7.65. The van der Waals surface area contributed by atoms with Crippen molar-refractivity contribution in [3.8, 4) is 5.75 Å². The summed E-state index contributed by atoms with van der Waals surface area (Å²) in [5.41, 5.74) is 1.61. The summed E-state index contributed by atoms with van der Waals surface area (Å²) < 4.78 is 10.6. The molecule has 134 valence electrons. The number of carbonyl (C=O) groups is 1. The number of nitrogens with one attached hydrogen (secondary N) is 1. The van der Waals surface area contributed by atoms with Crippen LogP contribution in [-0.2, 0) is 6.54 Å². The number of anilines is 1. The minimum atomic E-state index is -0.0964. The first kappa shape index (κ1) is 17.3. The smallest absolute Gasteiger partial charge is 0.322 e. The molecule has 25 heavy (non-hydrogen) atoms. The van der Waals surface area contributed by atoms with Gasteiger partial charge >= 0.3 is 6.03 Å².